The number of hydrogen-bond donors (Lipinski definition) is 1. The highest BCUT2D eigenvalue weighted by molar-refractivity contribution is 7.89. The van der Waals surface area contributed by atoms with Crippen molar-refractivity contribution in [3.63, 3.8) is 0 Å². The van der Waals surface area contributed by atoms with Crippen LogP contribution in [-0.2, 0) is 10.0 Å². The second-order valence-corrected chi connectivity index (χ2v) is 6.51. The summed E-state index contributed by atoms with van der Waals surface area (Å²) >= 11 is 0. The number of halogens is 1. The van der Waals surface area contributed by atoms with Crippen LogP contribution in [0.25, 0.3) is 0 Å². The lowest BCUT2D eigenvalue weighted by atomic mass is 9.90. The van der Waals surface area contributed by atoms with Crippen LogP contribution in [0.5, 0.6) is 5.75 Å². The largest absolute Gasteiger partial charge is 0.490 e. The molecule has 1 fully saturated rings. The molecule has 1 saturated carbocycles. The van der Waals surface area contributed by atoms with E-state index < -0.39 is 15.8 Å². The predicted octanol–water partition coefficient (Wildman–Crippen LogP) is 2.43. The average Bonchev–Trinajstić information content (AvgIpc) is 2.37. The maximum atomic E-state index is 13.7. The summed E-state index contributed by atoms with van der Waals surface area (Å²) in [7, 11) is -3.87. The molecule has 6 heteroatoms. The minimum atomic E-state index is -3.87. The third kappa shape index (κ3) is 3.91. The van der Waals surface area contributed by atoms with Crippen molar-refractivity contribution in [3.05, 3.63) is 24.0 Å². The van der Waals surface area contributed by atoms with Crippen LogP contribution in [-0.4, -0.2) is 15.0 Å². The molecule has 2 rings (SSSR count). The van der Waals surface area contributed by atoms with Crippen LogP contribution in [0.3, 0.4) is 0 Å². The van der Waals surface area contributed by atoms with Gasteiger partial charge in [0.2, 0.25) is 10.0 Å². The highest BCUT2D eigenvalue weighted by Crippen LogP contribution is 2.26. The second-order valence-electron chi connectivity index (χ2n) is 4.95. The zero-order valence-corrected chi connectivity index (χ0v) is 11.5. The number of benzene rings is 1. The first-order valence-electron chi connectivity index (χ1n) is 6.42. The molecule has 0 amide bonds. The predicted molar refractivity (Wildman–Crippen MR) is 69.8 cm³/mol. The van der Waals surface area contributed by atoms with Gasteiger partial charge in [-0.15, -0.1) is 0 Å². The van der Waals surface area contributed by atoms with Gasteiger partial charge in [-0.1, -0.05) is 19.3 Å². The number of hydrogen-bond acceptors (Lipinski definition) is 3. The molecule has 1 aromatic rings. The first-order valence-corrected chi connectivity index (χ1v) is 7.96. The Kier molecular flexibility index (Phi) is 4.42. The van der Waals surface area contributed by atoms with E-state index in [4.69, 9.17) is 9.88 Å². The third-order valence-electron chi connectivity index (χ3n) is 3.43. The molecule has 0 spiro atoms. The van der Waals surface area contributed by atoms with E-state index in [1.54, 1.807) is 0 Å². The second kappa shape index (κ2) is 5.88. The Balaban J connectivity index is 2.01. The molecule has 19 heavy (non-hydrogen) atoms. The number of rotatable bonds is 4. The molecule has 106 valence electrons. The highest BCUT2D eigenvalue weighted by Gasteiger charge is 2.16. The van der Waals surface area contributed by atoms with Crippen molar-refractivity contribution in [1.29, 1.82) is 0 Å². The Morgan fingerprint density at radius 3 is 2.53 bits per heavy atom. The molecule has 1 aliphatic carbocycles. The number of primary sulfonamides is 1. The minimum absolute atomic E-state index is 0.0815. The smallest absolute Gasteiger partial charge is 0.238 e. The van der Waals surface area contributed by atoms with Gasteiger partial charge < -0.3 is 4.74 Å². The lowest BCUT2D eigenvalue weighted by Crippen LogP contribution is -2.16. The zero-order chi connectivity index (χ0) is 13.9. The molecule has 0 radical (unpaired) electrons. The zero-order valence-electron chi connectivity index (χ0n) is 10.6. The fraction of sp³-hybridized carbons (Fsp3) is 0.538. The summed E-state index contributed by atoms with van der Waals surface area (Å²) in [5.41, 5.74) is 0. The number of nitrogens with two attached hydrogens (primary N) is 1. The standard InChI is InChI=1S/C13H18FNO3S/c14-12-8-11(19(15,16)17)6-7-13(12)18-9-10-4-2-1-3-5-10/h6-8,10H,1-5,9H2,(H2,15,16,17). The Morgan fingerprint density at radius 2 is 1.95 bits per heavy atom. The van der Waals surface area contributed by atoms with Crippen LogP contribution in [0.2, 0.25) is 0 Å². The fourth-order valence-corrected chi connectivity index (χ4v) is 2.86. The highest BCUT2D eigenvalue weighted by atomic mass is 32.2. The molecule has 1 aliphatic rings. The molecule has 0 atom stereocenters. The Labute approximate surface area is 112 Å². The third-order valence-corrected chi connectivity index (χ3v) is 4.34. The minimum Gasteiger partial charge on any atom is -0.490 e. The Bertz CT molecular complexity index is 539. The molecule has 4 nitrogen and oxygen atoms in total. The van der Waals surface area contributed by atoms with Crippen LogP contribution in [0.4, 0.5) is 4.39 Å². The van der Waals surface area contributed by atoms with Gasteiger partial charge in [0.15, 0.2) is 11.6 Å². The molecule has 0 aromatic heterocycles. The van der Waals surface area contributed by atoms with Crippen molar-refractivity contribution in [2.75, 3.05) is 6.61 Å². The summed E-state index contributed by atoms with van der Waals surface area (Å²) < 4.78 is 41.3. The summed E-state index contributed by atoms with van der Waals surface area (Å²) in [6.45, 7) is 0.478. The number of ether oxygens (including phenoxy) is 1. The first-order chi connectivity index (χ1) is 8.97. The van der Waals surface area contributed by atoms with Crippen molar-refractivity contribution >= 4 is 10.0 Å². The van der Waals surface area contributed by atoms with Gasteiger partial charge in [0, 0.05) is 0 Å². The average molecular weight is 287 g/mol. The van der Waals surface area contributed by atoms with Crippen molar-refractivity contribution in [2.24, 2.45) is 11.1 Å². The SMILES string of the molecule is NS(=O)(=O)c1ccc(OCC2CCCCC2)c(F)c1. The van der Waals surface area contributed by atoms with E-state index in [-0.39, 0.29) is 10.6 Å². The molecular weight excluding hydrogens is 269 g/mol. The van der Waals surface area contributed by atoms with Crippen LogP contribution in [0, 0.1) is 11.7 Å². The summed E-state index contributed by atoms with van der Waals surface area (Å²) in [6.07, 6.45) is 5.86. The normalized spacial score (nSPS) is 17.4. The monoisotopic (exact) mass is 287 g/mol. The molecule has 0 unspecified atom stereocenters. The molecule has 0 saturated heterocycles. The van der Waals surface area contributed by atoms with Gasteiger partial charge in [0.25, 0.3) is 0 Å². The Morgan fingerprint density at radius 1 is 1.26 bits per heavy atom. The lowest BCUT2D eigenvalue weighted by molar-refractivity contribution is 0.202. The summed E-state index contributed by atoms with van der Waals surface area (Å²) in [5.74, 6) is -0.147. The summed E-state index contributed by atoms with van der Waals surface area (Å²) in [4.78, 5) is -0.241. The molecular formula is C13H18FNO3S. The van der Waals surface area contributed by atoms with Crippen LogP contribution < -0.4 is 9.88 Å². The van der Waals surface area contributed by atoms with E-state index in [1.165, 1.54) is 31.4 Å². The fourth-order valence-electron chi connectivity index (χ4n) is 2.34. The van der Waals surface area contributed by atoms with Gasteiger partial charge in [0.1, 0.15) is 0 Å². The van der Waals surface area contributed by atoms with Crippen molar-refractivity contribution in [1.82, 2.24) is 0 Å². The van der Waals surface area contributed by atoms with E-state index in [0.29, 0.717) is 12.5 Å². The van der Waals surface area contributed by atoms with Gasteiger partial charge in [-0.3, -0.25) is 0 Å². The van der Waals surface area contributed by atoms with Gasteiger partial charge in [-0.05, 0) is 37.0 Å². The Hall–Kier alpha value is -1.14. The van der Waals surface area contributed by atoms with E-state index in [9.17, 15) is 12.8 Å². The summed E-state index contributed by atoms with van der Waals surface area (Å²) in [6, 6.07) is 3.47. The first kappa shape index (κ1) is 14.3. The van der Waals surface area contributed by atoms with Gasteiger partial charge in [-0.25, -0.2) is 17.9 Å². The van der Waals surface area contributed by atoms with Gasteiger partial charge in [-0.2, -0.15) is 0 Å². The molecule has 0 bridgehead atoms. The van der Waals surface area contributed by atoms with Crippen molar-refractivity contribution in [3.8, 4) is 5.75 Å². The van der Waals surface area contributed by atoms with Gasteiger partial charge >= 0.3 is 0 Å². The van der Waals surface area contributed by atoms with Crippen LogP contribution >= 0.6 is 0 Å². The van der Waals surface area contributed by atoms with E-state index >= 15 is 0 Å². The quantitative estimate of drug-likeness (QED) is 0.924. The maximum absolute atomic E-state index is 13.7. The van der Waals surface area contributed by atoms with E-state index in [2.05, 4.69) is 0 Å². The van der Waals surface area contributed by atoms with Crippen molar-refractivity contribution in [2.45, 2.75) is 37.0 Å². The maximum Gasteiger partial charge on any atom is 0.238 e. The lowest BCUT2D eigenvalue weighted by Gasteiger charge is -2.21. The molecule has 0 aliphatic heterocycles. The van der Waals surface area contributed by atoms with Gasteiger partial charge in [0.05, 0.1) is 11.5 Å². The van der Waals surface area contributed by atoms with Crippen molar-refractivity contribution < 1.29 is 17.5 Å². The molecule has 2 N–H and O–H groups in total. The van der Waals surface area contributed by atoms with E-state index in [1.807, 2.05) is 0 Å². The van der Waals surface area contributed by atoms with Crippen LogP contribution in [0.15, 0.2) is 23.1 Å². The van der Waals surface area contributed by atoms with Crippen LogP contribution in [0.1, 0.15) is 32.1 Å². The topological polar surface area (TPSA) is 69.4 Å². The van der Waals surface area contributed by atoms with E-state index in [0.717, 1.165) is 18.9 Å². The summed E-state index contributed by atoms with van der Waals surface area (Å²) in [5, 5.41) is 4.93. The molecule has 1 aromatic carbocycles. The number of sulfonamides is 1. The molecule has 0 heterocycles.